The van der Waals surface area contributed by atoms with Crippen LogP contribution in [0, 0.1) is 0 Å². The molecule has 2 heterocycles. The predicted octanol–water partition coefficient (Wildman–Crippen LogP) is 1.62. The molecule has 2 aliphatic heterocycles. The number of hydrogen-bond donors (Lipinski definition) is 1. The summed E-state index contributed by atoms with van der Waals surface area (Å²) < 4.78 is 5.54. The Kier molecular flexibility index (Phi) is 6.24. The SMILES string of the molecule is CNC(=O)[C@@H]1CN(Cc2ccc(CN3CCCCC3)cc2)CCO1. The third-order valence-corrected chi connectivity index (χ3v) is 4.97. The number of hydrogen-bond acceptors (Lipinski definition) is 4. The number of nitrogens with one attached hydrogen (secondary N) is 1. The average Bonchev–Trinajstić information content (AvgIpc) is 2.64. The van der Waals surface area contributed by atoms with Crippen LogP contribution >= 0.6 is 0 Å². The number of piperidine rings is 1. The minimum absolute atomic E-state index is 0.0309. The molecule has 0 radical (unpaired) electrons. The van der Waals surface area contributed by atoms with Gasteiger partial charge >= 0.3 is 0 Å². The van der Waals surface area contributed by atoms with E-state index in [2.05, 4.69) is 39.4 Å². The van der Waals surface area contributed by atoms with E-state index in [1.54, 1.807) is 7.05 Å². The first-order chi connectivity index (χ1) is 11.7. The van der Waals surface area contributed by atoms with Crippen molar-refractivity contribution in [3.8, 4) is 0 Å². The molecular weight excluding hydrogens is 302 g/mol. The van der Waals surface area contributed by atoms with E-state index in [-0.39, 0.29) is 12.0 Å². The Bertz CT molecular complexity index is 526. The molecule has 3 rings (SSSR count). The maximum Gasteiger partial charge on any atom is 0.250 e. The second kappa shape index (κ2) is 8.60. The van der Waals surface area contributed by atoms with Gasteiger partial charge in [0.1, 0.15) is 6.10 Å². The Morgan fingerprint density at radius 3 is 2.29 bits per heavy atom. The molecule has 0 saturated carbocycles. The highest BCUT2D eigenvalue weighted by molar-refractivity contribution is 5.80. The van der Waals surface area contributed by atoms with Gasteiger partial charge in [0.05, 0.1) is 6.61 Å². The predicted molar refractivity (Wildman–Crippen MR) is 94.7 cm³/mol. The fourth-order valence-electron chi connectivity index (χ4n) is 3.55. The van der Waals surface area contributed by atoms with Crippen molar-refractivity contribution in [2.75, 3.05) is 39.8 Å². The van der Waals surface area contributed by atoms with Crippen LogP contribution in [0.1, 0.15) is 30.4 Å². The maximum atomic E-state index is 11.7. The molecule has 5 heteroatoms. The number of morpholine rings is 1. The largest absolute Gasteiger partial charge is 0.366 e. The summed E-state index contributed by atoms with van der Waals surface area (Å²) in [5.74, 6) is -0.0309. The van der Waals surface area contributed by atoms with Gasteiger partial charge in [-0.15, -0.1) is 0 Å². The maximum absolute atomic E-state index is 11.7. The van der Waals surface area contributed by atoms with Crippen molar-refractivity contribution in [2.24, 2.45) is 0 Å². The van der Waals surface area contributed by atoms with E-state index in [4.69, 9.17) is 4.74 Å². The summed E-state index contributed by atoms with van der Waals surface area (Å²) in [4.78, 5) is 16.6. The monoisotopic (exact) mass is 331 g/mol. The number of ether oxygens (including phenoxy) is 1. The van der Waals surface area contributed by atoms with Gasteiger partial charge in [-0.1, -0.05) is 30.7 Å². The Balaban J connectivity index is 1.51. The van der Waals surface area contributed by atoms with Crippen molar-refractivity contribution in [1.29, 1.82) is 0 Å². The quantitative estimate of drug-likeness (QED) is 0.890. The van der Waals surface area contributed by atoms with Crippen LogP contribution in [0.5, 0.6) is 0 Å². The molecule has 1 aromatic rings. The molecule has 1 N–H and O–H groups in total. The van der Waals surface area contributed by atoms with E-state index < -0.39 is 0 Å². The van der Waals surface area contributed by atoms with Crippen LogP contribution in [0.25, 0.3) is 0 Å². The van der Waals surface area contributed by atoms with E-state index in [9.17, 15) is 4.79 Å². The fourth-order valence-corrected chi connectivity index (χ4v) is 3.55. The fraction of sp³-hybridized carbons (Fsp3) is 0.632. The van der Waals surface area contributed by atoms with Gasteiger partial charge in [0.15, 0.2) is 0 Å². The summed E-state index contributed by atoms with van der Waals surface area (Å²) in [6.45, 7) is 6.56. The first kappa shape index (κ1) is 17.4. The minimum atomic E-state index is -0.345. The van der Waals surface area contributed by atoms with E-state index >= 15 is 0 Å². The number of benzene rings is 1. The van der Waals surface area contributed by atoms with Gasteiger partial charge in [0.2, 0.25) is 5.91 Å². The van der Waals surface area contributed by atoms with Crippen molar-refractivity contribution < 1.29 is 9.53 Å². The zero-order chi connectivity index (χ0) is 16.8. The van der Waals surface area contributed by atoms with Crippen LogP contribution in [0.3, 0.4) is 0 Å². The van der Waals surface area contributed by atoms with Crippen molar-refractivity contribution >= 4 is 5.91 Å². The number of likely N-dealkylation sites (tertiary alicyclic amines) is 1. The summed E-state index contributed by atoms with van der Waals surface area (Å²) in [6, 6.07) is 8.95. The second-order valence-electron chi connectivity index (χ2n) is 6.86. The normalized spacial score (nSPS) is 23.1. The molecule has 2 saturated heterocycles. The molecule has 0 bridgehead atoms. The molecule has 5 nitrogen and oxygen atoms in total. The van der Waals surface area contributed by atoms with Gasteiger partial charge in [-0.3, -0.25) is 14.6 Å². The molecule has 0 aliphatic carbocycles. The summed E-state index contributed by atoms with van der Waals surface area (Å²) in [7, 11) is 1.66. The number of likely N-dealkylation sites (N-methyl/N-ethyl adjacent to an activating group) is 1. The number of nitrogens with zero attached hydrogens (tertiary/aromatic N) is 2. The van der Waals surface area contributed by atoms with Gasteiger partial charge in [0, 0.05) is 33.2 Å². The Labute approximate surface area is 145 Å². The van der Waals surface area contributed by atoms with Gasteiger partial charge in [-0.2, -0.15) is 0 Å². The lowest BCUT2D eigenvalue weighted by Crippen LogP contribution is -2.48. The number of carbonyl (C=O) groups is 1. The van der Waals surface area contributed by atoms with Crippen LogP contribution in [0.4, 0.5) is 0 Å². The van der Waals surface area contributed by atoms with E-state index in [0.717, 1.165) is 19.6 Å². The number of carbonyl (C=O) groups excluding carboxylic acids is 1. The smallest absolute Gasteiger partial charge is 0.250 e. The zero-order valence-corrected chi connectivity index (χ0v) is 14.7. The molecule has 24 heavy (non-hydrogen) atoms. The molecule has 2 fully saturated rings. The van der Waals surface area contributed by atoms with Gasteiger partial charge in [0.25, 0.3) is 0 Å². The molecule has 1 aromatic carbocycles. The average molecular weight is 331 g/mol. The summed E-state index contributed by atoms with van der Waals surface area (Å²) in [5.41, 5.74) is 2.70. The summed E-state index contributed by atoms with van der Waals surface area (Å²) in [6.07, 6.45) is 3.71. The van der Waals surface area contributed by atoms with Crippen LogP contribution in [-0.2, 0) is 22.6 Å². The second-order valence-corrected chi connectivity index (χ2v) is 6.86. The highest BCUT2D eigenvalue weighted by Crippen LogP contribution is 2.15. The van der Waals surface area contributed by atoms with Crippen LogP contribution < -0.4 is 5.32 Å². The number of rotatable bonds is 5. The highest BCUT2D eigenvalue weighted by Gasteiger charge is 2.25. The van der Waals surface area contributed by atoms with Gasteiger partial charge < -0.3 is 10.1 Å². The van der Waals surface area contributed by atoms with Crippen molar-refractivity contribution in [3.63, 3.8) is 0 Å². The Morgan fingerprint density at radius 1 is 1.04 bits per heavy atom. The Morgan fingerprint density at radius 2 is 1.67 bits per heavy atom. The third kappa shape index (κ3) is 4.79. The molecule has 0 aromatic heterocycles. The lowest BCUT2D eigenvalue weighted by atomic mass is 10.1. The van der Waals surface area contributed by atoms with E-state index in [1.807, 2.05) is 0 Å². The molecule has 0 spiro atoms. The summed E-state index contributed by atoms with van der Waals surface area (Å²) in [5, 5.41) is 2.67. The molecule has 1 atom stereocenters. The van der Waals surface area contributed by atoms with Crippen molar-refractivity contribution in [1.82, 2.24) is 15.1 Å². The molecule has 1 amide bonds. The van der Waals surface area contributed by atoms with Crippen LogP contribution in [0.15, 0.2) is 24.3 Å². The molecule has 132 valence electrons. The highest BCUT2D eigenvalue weighted by atomic mass is 16.5. The number of amides is 1. The van der Waals surface area contributed by atoms with E-state index in [1.165, 1.54) is 43.5 Å². The lowest BCUT2D eigenvalue weighted by molar-refractivity contribution is -0.138. The molecule has 0 unspecified atom stereocenters. The topological polar surface area (TPSA) is 44.8 Å². The summed E-state index contributed by atoms with van der Waals surface area (Å²) >= 11 is 0. The van der Waals surface area contributed by atoms with Crippen molar-refractivity contribution in [3.05, 3.63) is 35.4 Å². The molecule has 2 aliphatic rings. The van der Waals surface area contributed by atoms with Crippen LogP contribution in [-0.4, -0.2) is 61.6 Å². The van der Waals surface area contributed by atoms with Gasteiger partial charge in [-0.25, -0.2) is 0 Å². The minimum Gasteiger partial charge on any atom is -0.366 e. The first-order valence-electron chi connectivity index (χ1n) is 9.10. The third-order valence-electron chi connectivity index (χ3n) is 4.97. The van der Waals surface area contributed by atoms with E-state index in [0.29, 0.717) is 13.2 Å². The molecular formula is C19H29N3O2. The standard InChI is InChI=1S/C19H29N3O2/c1-20-19(23)18-15-22(11-12-24-18)14-17-7-5-16(6-8-17)13-21-9-3-2-4-10-21/h5-8,18H,2-4,9-15H2,1H3,(H,20,23)/t18-/m0/s1. The van der Waals surface area contributed by atoms with Crippen molar-refractivity contribution in [2.45, 2.75) is 38.5 Å². The Hall–Kier alpha value is -1.43. The zero-order valence-electron chi connectivity index (χ0n) is 14.7. The van der Waals surface area contributed by atoms with Gasteiger partial charge in [-0.05, 0) is 37.1 Å². The van der Waals surface area contributed by atoms with Crippen LogP contribution in [0.2, 0.25) is 0 Å². The lowest BCUT2D eigenvalue weighted by Gasteiger charge is -2.32. The first-order valence-corrected chi connectivity index (χ1v) is 9.10.